The van der Waals surface area contributed by atoms with Gasteiger partial charge in [0.05, 0.1) is 36.7 Å². The molecule has 1 atom stereocenters. The Labute approximate surface area is 184 Å². The molecule has 5 rings (SSSR count). The number of ether oxygens (including phenoxy) is 1. The van der Waals surface area contributed by atoms with Crippen LogP contribution in [0, 0.1) is 5.92 Å². The molecule has 3 aromatic heterocycles. The monoisotopic (exact) mass is 435 g/mol. The summed E-state index contributed by atoms with van der Waals surface area (Å²) in [7, 11) is 3.65. The van der Waals surface area contributed by atoms with Crippen LogP contribution in [-0.2, 0) is 18.4 Å². The van der Waals surface area contributed by atoms with Gasteiger partial charge in [0.1, 0.15) is 22.7 Å². The number of benzene rings is 1. The van der Waals surface area contributed by atoms with Crippen LogP contribution in [0.2, 0.25) is 0 Å². The Kier molecular flexibility index (Phi) is 4.89. The highest BCUT2D eigenvalue weighted by molar-refractivity contribution is 6.00. The zero-order valence-corrected chi connectivity index (χ0v) is 18.4. The fourth-order valence-corrected chi connectivity index (χ4v) is 3.82. The first-order chi connectivity index (χ1) is 15.4. The molecular formula is C21H25N9O2. The van der Waals surface area contributed by atoms with Crippen LogP contribution in [0.25, 0.3) is 16.7 Å². The molecule has 0 aliphatic carbocycles. The highest BCUT2D eigenvalue weighted by Gasteiger charge is 2.23. The van der Waals surface area contributed by atoms with Gasteiger partial charge in [0, 0.05) is 20.2 Å². The van der Waals surface area contributed by atoms with Gasteiger partial charge in [0.15, 0.2) is 5.65 Å². The van der Waals surface area contributed by atoms with E-state index in [1.807, 2.05) is 25.2 Å². The molecule has 1 aliphatic heterocycles. The normalized spacial score (nSPS) is 16.9. The quantitative estimate of drug-likeness (QED) is 0.437. The first-order valence-electron chi connectivity index (χ1n) is 10.5. The highest BCUT2D eigenvalue weighted by Crippen LogP contribution is 2.28. The molecule has 11 nitrogen and oxygen atoms in total. The second-order valence-corrected chi connectivity index (χ2v) is 8.26. The number of rotatable bonds is 2. The number of nitrogens with one attached hydrogen (secondary N) is 3. The lowest BCUT2D eigenvalue weighted by molar-refractivity contribution is 0.0725. The van der Waals surface area contributed by atoms with E-state index in [1.54, 1.807) is 16.2 Å². The van der Waals surface area contributed by atoms with Crippen molar-refractivity contribution in [3.63, 3.8) is 0 Å². The maximum absolute atomic E-state index is 13.1. The van der Waals surface area contributed by atoms with Gasteiger partial charge in [0.25, 0.3) is 5.91 Å². The van der Waals surface area contributed by atoms with E-state index in [-0.39, 0.29) is 17.9 Å². The maximum atomic E-state index is 13.1. The Balaban J connectivity index is 1.71. The second-order valence-electron chi connectivity index (χ2n) is 8.26. The van der Waals surface area contributed by atoms with Crippen molar-refractivity contribution in [1.82, 2.24) is 34.9 Å². The predicted molar refractivity (Wildman–Crippen MR) is 120 cm³/mol. The summed E-state index contributed by atoms with van der Waals surface area (Å²) < 4.78 is 9.35. The van der Waals surface area contributed by atoms with E-state index in [1.165, 1.54) is 6.20 Å². The number of nitrogens with zero attached hydrogens (tertiary/aromatic N) is 6. The fraction of sp³-hybridized carbons (Fsp3) is 0.381. The molecule has 4 bridgehead atoms. The van der Waals surface area contributed by atoms with Gasteiger partial charge in [-0.2, -0.15) is 9.61 Å². The van der Waals surface area contributed by atoms with Crippen LogP contribution < -0.4 is 16.0 Å². The molecule has 1 aromatic carbocycles. The van der Waals surface area contributed by atoms with Crippen molar-refractivity contribution in [3.05, 3.63) is 35.5 Å². The number of hydrogen-bond donors (Lipinski definition) is 3. The van der Waals surface area contributed by atoms with Crippen molar-refractivity contribution in [1.29, 1.82) is 0 Å². The van der Waals surface area contributed by atoms with Crippen molar-refractivity contribution in [3.8, 4) is 0 Å². The summed E-state index contributed by atoms with van der Waals surface area (Å²) in [6.07, 6.45) is 1.54. The first-order valence-corrected chi connectivity index (χ1v) is 10.5. The van der Waals surface area contributed by atoms with Crippen LogP contribution in [-0.4, -0.2) is 55.2 Å². The Morgan fingerprint density at radius 1 is 1.28 bits per heavy atom. The van der Waals surface area contributed by atoms with Crippen molar-refractivity contribution >= 4 is 39.9 Å². The molecule has 11 heteroatoms. The third-order valence-electron chi connectivity index (χ3n) is 5.70. The van der Waals surface area contributed by atoms with Crippen molar-refractivity contribution in [2.45, 2.75) is 26.5 Å². The van der Waals surface area contributed by atoms with Crippen LogP contribution >= 0.6 is 0 Å². The Bertz CT molecular complexity index is 1320. The number of anilines is 3. The number of aromatic nitrogens is 6. The van der Waals surface area contributed by atoms with Crippen LogP contribution in [0.4, 0.5) is 17.3 Å². The Morgan fingerprint density at radius 3 is 2.91 bits per heavy atom. The molecule has 1 aliphatic rings. The van der Waals surface area contributed by atoms with Gasteiger partial charge in [-0.25, -0.2) is 9.67 Å². The van der Waals surface area contributed by atoms with E-state index in [9.17, 15) is 4.79 Å². The highest BCUT2D eigenvalue weighted by atomic mass is 16.5. The van der Waals surface area contributed by atoms with Crippen molar-refractivity contribution in [2.75, 3.05) is 24.3 Å². The van der Waals surface area contributed by atoms with Gasteiger partial charge in [0.2, 0.25) is 0 Å². The van der Waals surface area contributed by atoms with Crippen LogP contribution in [0.3, 0.4) is 0 Å². The number of aryl methyl sites for hydroxylation is 1. The minimum absolute atomic E-state index is 0.160. The van der Waals surface area contributed by atoms with E-state index in [2.05, 4.69) is 45.2 Å². The molecule has 0 radical (unpaired) electrons. The maximum Gasteiger partial charge on any atom is 0.257 e. The molecule has 0 spiro atoms. The minimum Gasteiger partial charge on any atom is -0.375 e. The lowest BCUT2D eigenvalue weighted by atomic mass is 10.0. The molecule has 0 fully saturated rings. The van der Waals surface area contributed by atoms with Crippen LogP contribution in [0.5, 0.6) is 0 Å². The third-order valence-corrected chi connectivity index (χ3v) is 5.70. The smallest absolute Gasteiger partial charge is 0.257 e. The van der Waals surface area contributed by atoms with Crippen LogP contribution in [0.1, 0.15) is 29.8 Å². The zero-order chi connectivity index (χ0) is 22.4. The van der Waals surface area contributed by atoms with E-state index in [0.717, 1.165) is 22.3 Å². The number of carbonyl (C=O) groups excluding carboxylic acids is 1. The summed E-state index contributed by atoms with van der Waals surface area (Å²) in [5, 5.41) is 22.4. The summed E-state index contributed by atoms with van der Waals surface area (Å²) >= 11 is 0. The minimum atomic E-state index is -0.235. The molecule has 0 saturated carbocycles. The van der Waals surface area contributed by atoms with Gasteiger partial charge < -0.3 is 20.7 Å². The van der Waals surface area contributed by atoms with Crippen LogP contribution in [0.15, 0.2) is 24.4 Å². The number of hydrogen-bond acceptors (Lipinski definition) is 8. The van der Waals surface area contributed by atoms with E-state index in [4.69, 9.17) is 9.72 Å². The number of fused-ring (bicyclic) bond motifs is 5. The number of amides is 1. The SMILES string of the molecule is CNc1cc2nc3c(cnn13)C(=O)N[C@H](C(C)C)COCc1cc(c3nnn(C)c3c1)N2. The summed E-state index contributed by atoms with van der Waals surface area (Å²) in [6.45, 7) is 4.88. The number of carbonyl (C=O) groups is 1. The largest absolute Gasteiger partial charge is 0.375 e. The van der Waals surface area contributed by atoms with Gasteiger partial charge >= 0.3 is 0 Å². The van der Waals surface area contributed by atoms with E-state index in [0.29, 0.717) is 36.1 Å². The molecule has 1 amide bonds. The average Bonchev–Trinajstić information content (AvgIpc) is 3.36. The summed E-state index contributed by atoms with van der Waals surface area (Å²) in [5.41, 5.74) is 4.18. The zero-order valence-electron chi connectivity index (χ0n) is 18.4. The predicted octanol–water partition coefficient (Wildman–Crippen LogP) is 2.08. The lowest BCUT2D eigenvalue weighted by Gasteiger charge is -2.22. The van der Waals surface area contributed by atoms with Crippen molar-refractivity contribution in [2.24, 2.45) is 13.0 Å². The first kappa shape index (κ1) is 20.2. The second kappa shape index (κ2) is 7.75. The molecule has 4 aromatic rings. The summed E-state index contributed by atoms with van der Waals surface area (Å²) in [6, 6.07) is 5.68. The summed E-state index contributed by atoms with van der Waals surface area (Å²) in [5.74, 6) is 1.20. The Hall–Kier alpha value is -3.73. The van der Waals surface area contributed by atoms with Gasteiger partial charge in [-0.05, 0) is 23.6 Å². The van der Waals surface area contributed by atoms with Crippen molar-refractivity contribution < 1.29 is 9.53 Å². The molecule has 0 unspecified atom stereocenters. The van der Waals surface area contributed by atoms with E-state index >= 15 is 0 Å². The van der Waals surface area contributed by atoms with Gasteiger partial charge in [-0.1, -0.05) is 19.1 Å². The molecular weight excluding hydrogens is 410 g/mol. The third kappa shape index (κ3) is 3.40. The Morgan fingerprint density at radius 2 is 2.12 bits per heavy atom. The lowest BCUT2D eigenvalue weighted by Crippen LogP contribution is -2.41. The molecule has 166 valence electrons. The molecule has 3 N–H and O–H groups in total. The summed E-state index contributed by atoms with van der Waals surface area (Å²) in [4.78, 5) is 17.8. The van der Waals surface area contributed by atoms with Gasteiger partial charge in [-0.3, -0.25) is 4.79 Å². The standard InChI is InChI=1S/C21H25N9O2/c1-11(2)15-10-32-9-12-5-14(19-16(6-12)29(4)28-27-19)24-17-7-18(22-3)30-20(26-17)13(8-23-30)21(31)25-15/h5-8,11,15,22H,9-10H2,1-4H3,(H,24,26)(H,25,31)/t15-/m0/s1. The average molecular weight is 435 g/mol. The fourth-order valence-electron chi connectivity index (χ4n) is 3.82. The molecule has 32 heavy (non-hydrogen) atoms. The van der Waals surface area contributed by atoms with Gasteiger partial charge in [-0.15, -0.1) is 5.10 Å². The topological polar surface area (TPSA) is 123 Å². The van der Waals surface area contributed by atoms with E-state index < -0.39 is 0 Å². The molecule has 0 saturated heterocycles. The molecule has 4 heterocycles.